The van der Waals surface area contributed by atoms with Gasteiger partial charge in [-0.05, 0) is 35.7 Å². The second kappa shape index (κ2) is 8.60. The van der Waals surface area contributed by atoms with Crippen molar-refractivity contribution in [1.82, 2.24) is 0 Å². The van der Waals surface area contributed by atoms with Crippen molar-refractivity contribution in [3.63, 3.8) is 0 Å². The summed E-state index contributed by atoms with van der Waals surface area (Å²) in [5.74, 6) is 0.822. The Morgan fingerprint density at radius 2 is 1.28 bits per heavy atom. The Morgan fingerprint density at radius 3 is 1.91 bits per heavy atom. The molecule has 0 radical (unpaired) electrons. The summed E-state index contributed by atoms with van der Waals surface area (Å²) < 4.78 is 0. The van der Waals surface area contributed by atoms with Crippen LogP contribution in [0.5, 0.6) is 0 Å². The molecule has 0 atom stereocenters. The van der Waals surface area contributed by atoms with Crippen molar-refractivity contribution in [3.05, 3.63) is 137 Å². The molecule has 1 heterocycles. The lowest BCUT2D eigenvalue weighted by Gasteiger charge is -2.37. The lowest BCUT2D eigenvalue weighted by Crippen LogP contribution is -2.45. The van der Waals surface area contributed by atoms with Gasteiger partial charge in [0.2, 0.25) is 0 Å². The SMILES string of the molecule is Cc1ccc(CSC2=Nc3ccccc3C(=O)C2(c2ccccc2)c2ccccc2)cc1. The molecule has 0 fully saturated rings. The van der Waals surface area contributed by atoms with E-state index in [2.05, 4.69) is 31.2 Å². The lowest BCUT2D eigenvalue weighted by atomic mass is 9.68. The van der Waals surface area contributed by atoms with Crippen molar-refractivity contribution in [2.75, 3.05) is 0 Å². The minimum Gasteiger partial charge on any atom is -0.292 e. The first-order valence-electron chi connectivity index (χ1n) is 10.7. The summed E-state index contributed by atoms with van der Waals surface area (Å²) in [6.07, 6.45) is 0. The molecule has 2 nitrogen and oxygen atoms in total. The molecule has 4 aromatic rings. The second-order valence-corrected chi connectivity index (χ2v) is 8.98. The van der Waals surface area contributed by atoms with Crippen LogP contribution in [0.1, 0.15) is 32.6 Å². The number of fused-ring (bicyclic) bond motifs is 1. The maximum absolute atomic E-state index is 14.3. The van der Waals surface area contributed by atoms with E-state index in [9.17, 15) is 4.79 Å². The smallest absolute Gasteiger partial charge is 0.186 e. The van der Waals surface area contributed by atoms with E-state index in [0.717, 1.165) is 27.6 Å². The first-order chi connectivity index (χ1) is 15.7. The fraction of sp³-hybridized carbons (Fsp3) is 0.103. The summed E-state index contributed by atoms with van der Waals surface area (Å²) in [4.78, 5) is 19.4. The first-order valence-corrected chi connectivity index (χ1v) is 11.7. The van der Waals surface area contributed by atoms with Crippen LogP contribution >= 0.6 is 11.8 Å². The molecule has 0 aliphatic carbocycles. The standard InChI is InChI=1S/C29H23NOS/c1-21-16-18-22(19-17-21)20-32-28-29(23-10-4-2-5-11-23,24-12-6-3-7-13-24)27(31)25-14-8-9-15-26(25)30-28/h2-19H,20H2,1H3. The van der Waals surface area contributed by atoms with Gasteiger partial charge in [0.15, 0.2) is 5.78 Å². The van der Waals surface area contributed by atoms with Crippen LogP contribution in [0.15, 0.2) is 114 Å². The van der Waals surface area contributed by atoms with Crippen molar-refractivity contribution >= 4 is 28.3 Å². The van der Waals surface area contributed by atoms with Gasteiger partial charge in [-0.25, -0.2) is 4.99 Å². The number of Topliss-reactive ketones (excluding diaryl/α,β-unsaturated/α-hetero) is 1. The summed E-state index contributed by atoms with van der Waals surface area (Å²) in [5, 5.41) is 0.819. The van der Waals surface area contributed by atoms with E-state index < -0.39 is 5.41 Å². The first kappa shape index (κ1) is 20.5. The maximum Gasteiger partial charge on any atom is 0.186 e. The van der Waals surface area contributed by atoms with Crippen LogP contribution in [0.2, 0.25) is 0 Å². The average molecular weight is 434 g/mol. The molecule has 0 saturated carbocycles. The number of aryl methyl sites for hydroxylation is 1. The van der Waals surface area contributed by atoms with E-state index in [-0.39, 0.29) is 5.78 Å². The molecule has 0 aromatic heterocycles. The van der Waals surface area contributed by atoms with Gasteiger partial charge in [-0.1, -0.05) is 103 Å². The van der Waals surface area contributed by atoms with Crippen molar-refractivity contribution < 1.29 is 4.79 Å². The van der Waals surface area contributed by atoms with E-state index >= 15 is 0 Å². The molecular weight excluding hydrogens is 410 g/mol. The zero-order valence-corrected chi connectivity index (χ0v) is 18.7. The fourth-order valence-corrected chi connectivity index (χ4v) is 5.49. The van der Waals surface area contributed by atoms with Gasteiger partial charge in [-0.15, -0.1) is 11.8 Å². The summed E-state index contributed by atoms with van der Waals surface area (Å²) in [6.45, 7) is 2.09. The Bertz CT molecular complexity index is 1240. The minimum atomic E-state index is -0.966. The van der Waals surface area contributed by atoms with E-state index in [1.54, 1.807) is 11.8 Å². The topological polar surface area (TPSA) is 29.4 Å². The molecular formula is C29H23NOS. The molecule has 5 rings (SSSR count). The third kappa shape index (κ3) is 3.49. The van der Waals surface area contributed by atoms with Gasteiger partial charge in [-0.3, -0.25) is 4.79 Å². The molecule has 3 heteroatoms. The highest BCUT2D eigenvalue weighted by Gasteiger charge is 2.50. The quantitative estimate of drug-likeness (QED) is 0.342. The number of hydrogen-bond donors (Lipinski definition) is 0. The largest absolute Gasteiger partial charge is 0.292 e. The van der Waals surface area contributed by atoms with Crippen molar-refractivity contribution in [2.24, 2.45) is 4.99 Å². The van der Waals surface area contributed by atoms with Gasteiger partial charge >= 0.3 is 0 Å². The molecule has 0 amide bonds. The molecule has 0 unspecified atom stereocenters. The van der Waals surface area contributed by atoms with Crippen LogP contribution in [0.4, 0.5) is 5.69 Å². The Balaban J connectivity index is 1.71. The van der Waals surface area contributed by atoms with Crippen LogP contribution < -0.4 is 0 Å². The highest BCUT2D eigenvalue weighted by Crippen LogP contribution is 2.46. The molecule has 1 aliphatic rings. The minimum absolute atomic E-state index is 0.0758. The third-order valence-corrected chi connectivity index (χ3v) is 7.09. The summed E-state index contributed by atoms with van der Waals surface area (Å²) in [6, 6.07) is 36.3. The molecule has 0 spiro atoms. The van der Waals surface area contributed by atoms with Crippen LogP contribution in [-0.2, 0) is 11.2 Å². The highest BCUT2D eigenvalue weighted by molar-refractivity contribution is 8.13. The molecule has 0 saturated heterocycles. The summed E-state index contributed by atoms with van der Waals surface area (Å²) in [5.41, 5.74) is 4.78. The predicted octanol–water partition coefficient (Wildman–Crippen LogP) is 7.14. The van der Waals surface area contributed by atoms with E-state index in [1.807, 2.05) is 84.9 Å². The van der Waals surface area contributed by atoms with E-state index in [1.165, 1.54) is 11.1 Å². The van der Waals surface area contributed by atoms with E-state index in [4.69, 9.17) is 4.99 Å². The van der Waals surface area contributed by atoms with Gasteiger partial charge < -0.3 is 0 Å². The molecule has 0 bridgehead atoms. The summed E-state index contributed by atoms with van der Waals surface area (Å²) in [7, 11) is 0. The summed E-state index contributed by atoms with van der Waals surface area (Å²) >= 11 is 1.65. The number of ketones is 1. The number of carbonyl (C=O) groups excluding carboxylic acids is 1. The molecule has 0 N–H and O–H groups in total. The van der Waals surface area contributed by atoms with E-state index in [0.29, 0.717) is 5.56 Å². The third-order valence-electron chi connectivity index (χ3n) is 5.94. The Morgan fingerprint density at radius 1 is 0.719 bits per heavy atom. The maximum atomic E-state index is 14.3. The van der Waals surface area contributed by atoms with Crippen molar-refractivity contribution in [3.8, 4) is 0 Å². The van der Waals surface area contributed by atoms with Crippen LogP contribution in [-0.4, -0.2) is 10.8 Å². The predicted molar refractivity (Wildman–Crippen MR) is 134 cm³/mol. The van der Waals surface area contributed by atoms with Gasteiger partial charge in [0.05, 0.1) is 10.7 Å². The number of para-hydroxylation sites is 1. The van der Waals surface area contributed by atoms with Gasteiger partial charge in [0, 0.05) is 11.3 Å². The van der Waals surface area contributed by atoms with Crippen LogP contribution in [0.3, 0.4) is 0 Å². The normalized spacial score (nSPS) is 14.5. The molecule has 156 valence electrons. The molecule has 4 aromatic carbocycles. The van der Waals surface area contributed by atoms with Gasteiger partial charge in [0.1, 0.15) is 5.41 Å². The highest BCUT2D eigenvalue weighted by atomic mass is 32.2. The number of benzene rings is 4. The van der Waals surface area contributed by atoms with Crippen LogP contribution in [0, 0.1) is 6.92 Å². The monoisotopic (exact) mass is 433 g/mol. The Hall–Kier alpha value is -3.43. The Kier molecular flexibility index (Phi) is 5.50. The molecule has 1 aliphatic heterocycles. The van der Waals surface area contributed by atoms with Crippen LogP contribution in [0.25, 0.3) is 0 Å². The average Bonchev–Trinajstić information content (AvgIpc) is 2.85. The number of carbonyl (C=O) groups is 1. The molecule has 32 heavy (non-hydrogen) atoms. The number of aliphatic imine (C=N–C) groups is 1. The van der Waals surface area contributed by atoms with Crippen molar-refractivity contribution in [2.45, 2.75) is 18.1 Å². The zero-order valence-electron chi connectivity index (χ0n) is 17.9. The lowest BCUT2D eigenvalue weighted by molar-refractivity contribution is 0.0949. The van der Waals surface area contributed by atoms with Crippen molar-refractivity contribution in [1.29, 1.82) is 0 Å². The number of thioether (sulfide) groups is 1. The number of rotatable bonds is 4. The number of nitrogens with zero attached hydrogens (tertiary/aromatic N) is 1. The van der Waals surface area contributed by atoms with Gasteiger partial charge in [-0.2, -0.15) is 0 Å². The fourth-order valence-electron chi connectivity index (χ4n) is 4.28. The second-order valence-electron chi connectivity index (χ2n) is 8.02. The zero-order chi connectivity index (χ0) is 22.0. The Labute approximate surface area is 193 Å². The number of hydrogen-bond acceptors (Lipinski definition) is 3. The van der Waals surface area contributed by atoms with Gasteiger partial charge in [0.25, 0.3) is 0 Å².